The first-order chi connectivity index (χ1) is 29.6. The number of ether oxygens (including phenoxy) is 4. The number of hydrogen-bond acceptors (Lipinski definition) is 10. The molecule has 11 nitrogen and oxygen atoms in total. The number of nitrogens with zero attached hydrogens (tertiary/aromatic N) is 3. The van der Waals surface area contributed by atoms with Crippen LogP contribution in [0.1, 0.15) is 94.5 Å². The van der Waals surface area contributed by atoms with Crippen LogP contribution in [0.2, 0.25) is 0 Å². The van der Waals surface area contributed by atoms with E-state index in [4.69, 9.17) is 28.0 Å². The number of fused-ring (bicyclic) bond motifs is 1. The molecular formula is C49H57N4O7P. The molecule has 1 saturated heterocycles. The number of rotatable bonds is 19. The normalized spacial score (nSPS) is 19.1. The highest BCUT2D eigenvalue weighted by Crippen LogP contribution is 2.52. The average Bonchev–Trinajstić information content (AvgIpc) is 3.84. The Kier molecular flexibility index (Phi) is 15.7. The number of nitrogens with one attached hydrogen (secondary N) is 1. The van der Waals surface area contributed by atoms with Crippen LogP contribution in [0.25, 0.3) is 5.57 Å². The molecule has 2 unspecified atom stereocenters. The zero-order valence-corrected chi connectivity index (χ0v) is 37.3. The molecule has 0 saturated carbocycles. The van der Waals surface area contributed by atoms with Crippen LogP contribution in [-0.4, -0.2) is 73.7 Å². The van der Waals surface area contributed by atoms with Crippen molar-refractivity contribution in [3.8, 4) is 29.4 Å². The Bertz CT molecular complexity index is 2240. The molecule has 6 rings (SSSR count). The molecule has 2 aliphatic rings. The van der Waals surface area contributed by atoms with Gasteiger partial charge >= 0.3 is 0 Å². The summed E-state index contributed by atoms with van der Waals surface area (Å²) < 4.78 is 41.5. The van der Waals surface area contributed by atoms with E-state index in [1.807, 2.05) is 85.8 Å². The molecule has 0 bridgehead atoms. The number of pyridine rings is 1. The summed E-state index contributed by atoms with van der Waals surface area (Å²) in [4.78, 5) is 21.1. The number of hydrogen-bond donors (Lipinski definition) is 1. The average molecular weight is 845 g/mol. The molecule has 320 valence electrons. The van der Waals surface area contributed by atoms with Gasteiger partial charge in [0.1, 0.15) is 29.0 Å². The van der Waals surface area contributed by atoms with E-state index in [0.29, 0.717) is 23.4 Å². The molecule has 0 amide bonds. The van der Waals surface area contributed by atoms with Gasteiger partial charge in [0.15, 0.2) is 0 Å². The number of aromatic amines is 1. The first kappa shape index (κ1) is 45.4. The van der Waals surface area contributed by atoms with Crippen molar-refractivity contribution < 1.29 is 28.0 Å². The van der Waals surface area contributed by atoms with Crippen molar-refractivity contribution in [1.82, 2.24) is 9.65 Å². The number of benzene rings is 3. The lowest BCUT2D eigenvalue weighted by Gasteiger charge is -2.39. The second-order valence-corrected chi connectivity index (χ2v) is 16.9. The highest BCUT2D eigenvalue weighted by atomic mass is 31.2. The number of aliphatic imine (C=N–C) groups is 1. The van der Waals surface area contributed by atoms with Crippen LogP contribution in [0.15, 0.2) is 101 Å². The maximum absolute atomic E-state index is 13.7. The Morgan fingerprint density at radius 2 is 1.59 bits per heavy atom. The zero-order chi connectivity index (χ0) is 43.5. The van der Waals surface area contributed by atoms with Gasteiger partial charge in [-0.05, 0) is 93.6 Å². The summed E-state index contributed by atoms with van der Waals surface area (Å²) in [6.45, 7) is 12.6. The van der Waals surface area contributed by atoms with E-state index in [1.54, 1.807) is 27.4 Å². The Morgan fingerprint density at radius 1 is 0.967 bits per heavy atom. The van der Waals surface area contributed by atoms with Crippen molar-refractivity contribution >= 4 is 26.1 Å². The smallest absolute Gasteiger partial charge is 0.259 e. The van der Waals surface area contributed by atoms with Gasteiger partial charge in [-0.25, -0.2) is 9.66 Å². The van der Waals surface area contributed by atoms with E-state index < -0.39 is 32.4 Å². The predicted octanol–water partition coefficient (Wildman–Crippen LogP) is 9.84. The van der Waals surface area contributed by atoms with Crippen molar-refractivity contribution in [1.29, 1.82) is 5.26 Å². The fourth-order valence-electron chi connectivity index (χ4n) is 8.19. The summed E-state index contributed by atoms with van der Waals surface area (Å²) in [5.74, 6) is 7.76. The quantitative estimate of drug-likeness (QED) is 0.0323. The van der Waals surface area contributed by atoms with Gasteiger partial charge in [-0.3, -0.25) is 4.79 Å². The number of H-pyrrole nitrogens is 1. The maximum atomic E-state index is 13.7. The summed E-state index contributed by atoms with van der Waals surface area (Å²) in [5, 5.41) is 9.46. The van der Waals surface area contributed by atoms with Crippen LogP contribution in [0.4, 0.5) is 5.82 Å². The second kappa shape index (κ2) is 21.1. The Balaban J connectivity index is 1.47. The molecule has 61 heavy (non-hydrogen) atoms. The van der Waals surface area contributed by atoms with E-state index in [0.717, 1.165) is 40.2 Å². The standard InChI is InChI=1S/C49H57N4O7P/c1-9-15-35-29-41(42-30-46(51-27-10-2)52-48(54)47(35)42)43-31-44(60-61(58-28-14-26-50)53(33(3)4)34(5)6)45(59-43)32-57-49(36-16-12-11-13-17-36,37-18-22-39(55-7)23-19-37)38-20-24-40(56-8)25-21-38/h11-13,16-25,27,29-30,33-34,41,43-45H,10,14,28,31-32H2,1-8H3,(H,52,54)/b51-27+/t41?,43-,44-,45-,61?/m1/s1. The van der Waals surface area contributed by atoms with Crippen LogP contribution < -0.4 is 15.0 Å². The first-order valence-corrected chi connectivity index (χ1v) is 22.0. The van der Waals surface area contributed by atoms with Gasteiger partial charge in [-0.1, -0.05) is 73.5 Å². The summed E-state index contributed by atoms with van der Waals surface area (Å²) in [7, 11) is 1.66. The summed E-state index contributed by atoms with van der Waals surface area (Å²) in [5.41, 5.74) is 3.34. The summed E-state index contributed by atoms with van der Waals surface area (Å²) in [6.07, 6.45) is 3.72. The minimum absolute atomic E-state index is 0.0885. The number of aromatic nitrogens is 1. The lowest BCUT2D eigenvalue weighted by atomic mass is 9.80. The number of methoxy groups -OCH3 is 2. The molecule has 5 atom stereocenters. The largest absolute Gasteiger partial charge is 0.497 e. The van der Waals surface area contributed by atoms with E-state index in [-0.39, 0.29) is 43.2 Å². The lowest BCUT2D eigenvalue weighted by Crippen LogP contribution is -2.39. The number of nitriles is 1. The molecule has 2 heterocycles. The third kappa shape index (κ3) is 10.2. The monoisotopic (exact) mass is 844 g/mol. The minimum atomic E-state index is -1.64. The Hall–Kier alpha value is -5.10. The van der Waals surface area contributed by atoms with Crippen LogP contribution in [0.5, 0.6) is 11.5 Å². The molecule has 4 aromatic rings. The fraction of sp³-hybridized carbons (Fsp3) is 0.408. The molecular weight excluding hydrogens is 788 g/mol. The van der Waals surface area contributed by atoms with Gasteiger partial charge in [0.2, 0.25) is 0 Å². The molecule has 1 aromatic heterocycles. The van der Waals surface area contributed by atoms with Gasteiger partial charge in [-0.2, -0.15) is 5.26 Å². The van der Waals surface area contributed by atoms with Crippen molar-refractivity contribution in [3.63, 3.8) is 0 Å². The van der Waals surface area contributed by atoms with Crippen molar-refractivity contribution in [2.24, 2.45) is 4.99 Å². The molecule has 3 aromatic carbocycles. The van der Waals surface area contributed by atoms with E-state index in [1.165, 1.54) is 0 Å². The van der Waals surface area contributed by atoms with Crippen LogP contribution >= 0.6 is 8.53 Å². The van der Waals surface area contributed by atoms with Crippen LogP contribution in [-0.2, 0) is 24.1 Å². The second-order valence-electron chi connectivity index (χ2n) is 15.5. The molecule has 1 aliphatic carbocycles. The van der Waals surface area contributed by atoms with Crippen molar-refractivity contribution in [2.45, 2.75) is 103 Å². The Morgan fingerprint density at radius 3 is 2.15 bits per heavy atom. The maximum Gasteiger partial charge on any atom is 0.259 e. The molecule has 1 N–H and O–H groups in total. The van der Waals surface area contributed by atoms with Crippen LogP contribution in [0, 0.1) is 23.2 Å². The highest BCUT2D eigenvalue weighted by Gasteiger charge is 2.47. The van der Waals surface area contributed by atoms with Crippen molar-refractivity contribution in [2.75, 3.05) is 27.4 Å². The molecule has 0 spiro atoms. The van der Waals surface area contributed by atoms with Gasteiger partial charge in [0.25, 0.3) is 14.1 Å². The predicted molar refractivity (Wildman–Crippen MR) is 241 cm³/mol. The topological polar surface area (TPSA) is 128 Å². The molecule has 0 radical (unpaired) electrons. The van der Waals surface area contributed by atoms with E-state index in [2.05, 4.69) is 72.4 Å². The zero-order valence-electron chi connectivity index (χ0n) is 36.4. The SMILES string of the molecule is CC#CC1=CC([C@H]2C[C@@H](OP(OCCC#N)N(C(C)C)C(C)C)[C@@H](COC(c3ccccc3)(c3ccc(OC)cc3)c3ccc(OC)cc3)O2)c2cc(/N=C/CC)[nH]c(=O)c21. The lowest BCUT2D eigenvalue weighted by molar-refractivity contribution is -0.0814. The van der Waals surface area contributed by atoms with Crippen molar-refractivity contribution in [3.05, 3.63) is 129 Å². The van der Waals surface area contributed by atoms with Gasteiger partial charge in [0.05, 0.1) is 57.7 Å². The van der Waals surface area contributed by atoms with E-state index >= 15 is 0 Å². The fourth-order valence-corrected chi connectivity index (χ4v) is 9.95. The van der Waals surface area contributed by atoms with Crippen LogP contribution in [0.3, 0.4) is 0 Å². The minimum Gasteiger partial charge on any atom is -0.497 e. The third-order valence-electron chi connectivity index (χ3n) is 10.9. The Labute approximate surface area is 361 Å². The first-order valence-electron chi connectivity index (χ1n) is 20.9. The number of allylic oxidation sites excluding steroid dienone is 1. The molecule has 1 aliphatic heterocycles. The van der Waals surface area contributed by atoms with E-state index in [9.17, 15) is 10.1 Å². The molecule has 12 heteroatoms. The highest BCUT2D eigenvalue weighted by molar-refractivity contribution is 7.44. The van der Waals surface area contributed by atoms with Gasteiger partial charge in [0, 0.05) is 36.2 Å². The van der Waals surface area contributed by atoms with Gasteiger partial charge in [-0.15, -0.1) is 5.92 Å². The van der Waals surface area contributed by atoms with Gasteiger partial charge < -0.3 is 33.0 Å². The summed E-state index contributed by atoms with van der Waals surface area (Å²) >= 11 is 0. The summed E-state index contributed by atoms with van der Waals surface area (Å²) in [6, 6.07) is 30.3. The molecule has 1 fully saturated rings. The third-order valence-corrected chi connectivity index (χ3v) is 13.0.